The highest BCUT2D eigenvalue weighted by atomic mass is 32.2. The van der Waals surface area contributed by atoms with E-state index in [1.54, 1.807) is 12.1 Å². The van der Waals surface area contributed by atoms with E-state index in [1.807, 2.05) is 0 Å². The maximum absolute atomic E-state index is 11.2. The first kappa shape index (κ1) is 17.9. The standard InChI is InChI=1S/C13H21N5O3S2/c14-23(19,20)12-3-1-11(2-4-12)16-17-13(22)15-5-6-18-7-9-21-10-8-18/h1-4,16H,5-10H2,(H2,14,19,20)(H2,15,17,22). The minimum absolute atomic E-state index is 0.0641. The van der Waals surface area contributed by atoms with Crippen molar-refractivity contribution in [2.45, 2.75) is 4.90 Å². The number of sulfonamides is 1. The van der Waals surface area contributed by atoms with Gasteiger partial charge in [-0.15, -0.1) is 0 Å². The molecule has 8 nitrogen and oxygen atoms in total. The van der Waals surface area contributed by atoms with E-state index in [-0.39, 0.29) is 4.90 Å². The number of rotatable bonds is 6. The largest absolute Gasteiger partial charge is 0.379 e. The fraction of sp³-hybridized carbons (Fsp3) is 0.462. The summed E-state index contributed by atoms with van der Waals surface area (Å²) < 4.78 is 27.6. The first-order chi connectivity index (χ1) is 10.9. The van der Waals surface area contributed by atoms with Gasteiger partial charge in [0, 0.05) is 26.2 Å². The minimum atomic E-state index is -3.67. The number of hydrazine groups is 1. The summed E-state index contributed by atoms with van der Waals surface area (Å²) in [7, 11) is -3.67. The molecule has 0 atom stereocenters. The third-order valence-corrected chi connectivity index (χ3v) is 4.50. The number of anilines is 1. The van der Waals surface area contributed by atoms with Crippen LogP contribution in [0.15, 0.2) is 29.2 Å². The molecule has 0 aliphatic carbocycles. The molecule has 128 valence electrons. The van der Waals surface area contributed by atoms with Gasteiger partial charge in [-0.25, -0.2) is 13.6 Å². The molecular weight excluding hydrogens is 338 g/mol. The molecule has 2 rings (SSSR count). The fourth-order valence-electron chi connectivity index (χ4n) is 2.05. The average Bonchev–Trinajstić information content (AvgIpc) is 2.53. The molecule has 0 amide bonds. The number of nitrogens with two attached hydrogens (primary N) is 1. The first-order valence-electron chi connectivity index (χ1n) is 7.18. The number of thiocarbonyl (C=S) groups is 1. The van der Waals surface area contributed by atoms with Gasteiger partial charge in [-0.3, -0.25) is 15.8 Å². The third-order valence-electron chi connectivity index (χ3n) is 3.32. The van der Waals surface area contributed by atoms with Gasteiger partial charge in [-0.05, 0) is 36.5 Å². The van der Waals surface area contributed by atoms with Crippen LogP contribution in [0.1, 0.15) is 0 Å². The fourth-order valence-corrected chi connectivity index (χ4v) is 2.72. The van der Waals surface area contributed by atoms with Crippen LogP contribution in [0.2, 0.25) is 0 Å². The Morgan fingerprint density at radius 1 is 1.26 bits per heavy atom. The molecule has 10 heteroatoms. The lowest BCUT2D eigenvalue weighted by Gasteiger charge is -2.26. The topological polar surface area (TPSA) is 109 Å². The second-order valence-corrected chi connectivity index (χ2v) is 7.00. The Morgan fingerprint density at radius 2 is 1.91 bits per heavy atom. The zero-order valence-electron chi connectivity index (χ0n) is 12.6. The monoisotopic (exact) mass is 359 g/mol. The van der Waals surface area contributed by atoms with Crippen LogP contribution in [-0.2, 0) is 14.8 Å². The normalized spacial score (nSPS) is 15.9. The van der Waals surface area contributed by atoms with E-state index in [1.165, 1.54) is 12.1 Å². The molecule has 0 bridgehead atoms. The van der Waals surface area contributed by atoms with Crippen molar-refractivity contribution in [2.24, 2.45) is 5.14 Å². The van der Waals surface area contributed by atoms with Gasteiger partial charge in [0.1, 0.15) is 0 Å². The zero-order chi connectivity index (χ0) is 16.7. The van der Waals surface area contributed by atoms with Gasteiger partial charge in [0.15, 0.2) is 5.11 Å². The molecule has 1 aromatic carbocycles. The average molecular weight is 359 g/mol. The number of primary sulfonamides is 1. The molecule has 1 fully saturated rings. The molecular formula is C13H21N5O3S2. The molecule has 1 aliphatic rings. The van der Waals surface area contributed by atoms with E-state index < -0.39 is 10.0 Å². The number of benzene rings is 1. The molecule has 0 aromatic heterocycles. The molecule has 1 aromatic rings. The summed E-state index contributed by atoms with van der Waals surface area (Å²) >= 11 is 5.16. The summed E-state index contributed by atoms with van der Waals surface area (Å²) in [5.74, 6) is 0. The first-order valence-corrected chi connectivity index (χ1v) is 9.13. The molecule has 0 unspecified atom stereocenters. The summed E-state index contributed by atoms with van der Waals surface area (Å²) in [6.45, 7) is 5.07. The second kappa shape index (κ2) is 8.41. The summed E-state index contributed by atoms with van der Waals surface area (Å²) in [5.41, 5.74) is 6.41. The van der Waals surface area contributed by atoms with E-state index in [0.29, 0.717) is 10.8 Å². The highest BCUT2D eigenvalue weighted by Crippen LogP contribution is 2.11. The van der Waals surface area contributed by atoms with Crippen LogP contribution < -0.4 is 21.3 Å². The molecule has 0 spiro atoms. The number of ether oxygens (including phenoxy) is 1. The Labute approximate surface area is 141 Å². The van der Waals surface area contributed by atoms with E-state index in [4.69, 9.17) is 22.1 Å². The maximum atomic E-state index is 11.2. The lowest BCUT2D eigenvalue weighted by atomic mass is 10.3. The summed E-state index contributed by atoms with van der Waals surface area (Å²) in [4.78, 5) is 2.37. The van der Waals surface area contributed by atoms with Crippen molar-refractivity contribution >= 4 is 33.0 Å². The minimum Gasteiger partial charge on any atom is -0.379 e. The number of hydrogen-bond acceptors (Lipinski definition) is 6. The van der Waals surface area contributed by atoms with E-state index in [0.717, 1.165) is 39.4 Å². The highest BCUT2D eigenvalue weighted by Gasteiger charge is 2.09. The quantitative estimate of drug-likeness (QED) is 0.396. The Balaban J connectivity index is 1.67. The van der Waals surface area contributed by atoms with Crippen molar-refractivity contribution < 1.29 is 13.2 Å². The summed E-state index contributed by atoms with van der Waals surface area (Å²) in [5, 5.41) is 8.60. The van der Waals surface area contributed by atoms with Crippen molar-refractivity contribution in [3.05, 3.63) is 24.3 Å². The number of hydrogen-bond donors (Lipinski definition) is 4. The number of nitrogens with zero attached hydrogens (tertiary/aromatic N) is 1. The molecule has 0 saturated carbocycles. The predicted octanol–water partition coefficient (Wildman–Crippen LogP) is -0.543. The van der Waals surface area contributed by atoms with Crippen LogP contribution in [0.4, 0.5) is 5.69 Å². The molecule has 0 radical (unpaired) electrons. The second-order valence-electron chi connectivity index (χ2n) is 5.03. The molecule has 1 saturated heterocycles. The Morgan fingerprint density at radius 3 is 2.52 bits per heavy atom. The van der Waals surface area contributed by atoms with Gasteiger partial charge >= 0.3 is 0 Å². The van der Waals surface area contributed by atoms with Gasteiger partial charge in [0.05, 0.1) is 23.8 Å². The van der Waals surface area contributed by atoms with Gasteiger partial charge in [-0.1, -0.05) is 0 Å². The van der Waals surface area contributed by atoms with Crippen LogP contribution in [-0.4, -0.2) is 57.8 Å². The number of morpholine rings is 1. The van der Waals surface area contributed by atoms with Gasteiger partial charge in [0.25, 0.3) is 0 Å². The zero-order valence-corrected chi connectivity index (χ0v) is 14.3. The van der Waals surface area contributed by atoms with Crippen LogP contribution in [0.25, 0.3) is 0 Å². The Kier molecular flexibility index (Phi) is 6.54. The van der Waals surface area contributed by atoms with Crippen LogP contribution in [0.5, 0.6) is 0 Å². The Bertz CT molecular complexity index is 615. The molecule has 23 heavy (non-hydrogen) atoms. The lowest BCUT2D eigenvalue weighted by Crippen LogP contribution is -2.44. The molecule has 1 aliphatic heterocycles. The van der Waals surface area contributed by atoms with Crippen molar-refractivity contribution in [2.75, 3.05) is 44.8 Å². The third kappa shape index (κ3) is 6.28. The lowest BCUT2D eigenvalue weighted by molar-refractivity contribution is 0.0389. The molecule has 5 N–H and O–H groups in total. The molecule has 1 heterocycles. The van der Waals surface area contributed by atoms with E-state index in [2.05, 4.69) is 21.1 Å². The smallest absolute Gasteiger partial charge is 0.238 e. The van der Waals surface area contributed by atoms with Gasteiger partial charge in [-0.2, -0.15) is 0 Å². The number of nitrogens with one attached hydrogen (secondary N) is 3. The summed E-state index contributed by atoms with van der Waals surface area (Å²) in [6.07, 6.45) is 0. The van der Waals surface area contributed by atoms with Crippen molar-refractivity contribution in [3.63, 3.8) is 0 Å². The van der Waals surface area contributed by atoms with Gasteiger partial charge in [0.2, 0.25) is 10.0 Å². The van der Waals surface area contributed by atoms with Crippen LogP contribution in [0.3, 0.4) is 0 Å². The van der Waals surface area contributed by atoms with Crippen molar-refractivity contribution in [1.82, 2.24) is 15.6 Å². The van der Waals surface area contributed by atoms with Crippen LogP contribution in [0, 0.1) is 0 Å². The maximum Gasteiger partial charge on any atom is 0.238 e. The van der Waals surface area contributed by atoms with Crippen LogP contribution >= 0.6 is 12.2 Å². The van der Waals surface area contributed by atoms with E-state index in [9.17, 15) is 8.42 Å². The Hall–Kier alpha value is -1.46. The predicted molar refractivity (Wildman–Crippen MR) is 92.4 cm³/mol. The van der Waals surface area contributed by atoms with Crippen molar-refractivity contribution in [3.8, 4) is 0 Å². The van der Waals surface area contributed by atoms with Crippen molar-refractivity contribution in [1.29, 1.82) is 0 Å². The van der Waals surface area contributed by atoms with E-state index >= 15 is 0 Å². The highest BCUT2D eigenvalue weighted by molar-refractivity contribution is 7.89. The SMILES string of the molecule is NS(=O)(=O)c1ccc(NNC(=S)NCCN2CCOCC2)cc1. The van der Waals surface area contributed by atoms with Gasteiger partial charge < -0.3 is 10.1 Å². The summed E-state index contributed by atoms with van der Waals surface area (Å²) in [6, 6.07) is 6.05.